The summed E-state index contributed by atoms with van der Waals surface area (Å²) >= 11 is 3.41. The Bertz CT molecular complexity index is 668. The van der Waals surface area contributed by atoms with Crippen LogP contribution >= 0.6 is 15.9 Å². The summed E-state index contributed by atoms with van der Waals surface area (Å²) in [5.74, 6) is -0.765. The Hall–Kier alpha value is -1.46. The fourth-order valence-electron chi connectivity index (χ4n) is 2.64. The van der Waals surface area contributed by atoms with E-state index in [4.69, 9.17) is 4.74 Å². The quantitative estimate of drug-likeness (QED) is 0.904. The zero-order valence-corrected chi connectivity index (χ0v) is 12.7. The van der Waals surface area contributed by atoms with Crippen molar-refractivity contribution in [2.45, 2.75) is 18.9 Å². The molecule has 1 aliphatic rings. The number of benzene rings is 2. The molecule has 110 valence electrons. The second-order valence-corrected chi connectivity index (χ2v) is 5.92. The Labute approximate surface area is 129 Å². The van der Waals surface area contributed by atoms with Gasteiger partial charge < -0.3 is 9.84 Å². The highest BCUT2D eigenvalue weighted by molar-refractivity contribution is 9.10. The van der Waals surface area contributed by atoms with Crippen LogP contribution in [-0.2, 0) is 12.8 Å². The summed E-state index contributed by atoms with van der Waals surface area (Å²) in [5.41, 5.74) is 1.48. The first-order valence-electron chi connectivity index (χ1n) is 6.62. The van der Waals surface area contributed by atoms with Crippen molar-refractivity contribution in [1.29, 1.82) is 0 Å². The summed E-state index contributed by atoms with van der Waals surface area (Å²) in [5, 5.41) is 10.2. The van der Waals surface area contributed by atoms with Gasteiger partial charge in [0.15, 0.2) is 0 Å². The number of ether oxygens (including phenoxy) is 1. The fourth-order valence-corrected chi connectivity index (χ4v) is 3.19. The highest BCUT2D eigenvalue weighted by atomic mass is 79.9. The summed E-state index contributed by atoms with van der Waals surface area (Å²) < 4.78 is 33.9. The number of hydrogen-bond acceptors (Lipinski definition) is 2. The summed E-state index contributed by atoms with van der Waals surface area (Å²) in [6.45, 7) is 0.586. The molecule has 2 aromatic carbocycles. The highest BCUT2D eigenvalue weighted by Crippen LogP contribution is 2.36. The second kappa shape index (κ2) is 5.73. The van der Waals surface area contributed by atoms with Crippen molar-refractivity contribution in [2.24, 2.45) is 0 Å². The third kappa shape index (κ3) is 2.80. The van der Waals surface area contributed by atoms with Crippen LogP contribution in [0, 0.1) is 11.6 Å². The van der Waals surface area contributed by atoms with E-state index in [1.165, 1.54) is 6.07 Å². The number of rotatable bonds is 3. The molecule has 0 saturated heterocycles. The lowest BCUT2D eigenvalue weighted by atomic mass is 9.98. The van der Waals surface area contributed by atoms with Crippen molar-refractivity contribution in [2.75, 3.05) is 6.61 Å². The molecule has 0 saturated carbocycles. The van der Waals surface area contributed by atoms with Crippen molar-refractivity contribution in [1.82, 2.24) is 0 Å². The van der Waals surface area contributed by atoms with Crippen molar-refractivity contribution in [3.63, 3.8) is 0 Å². The van der Waals surface area contributed by atoms with Gasteiger partial charge in [0.2, 0.25) is 0 Å². The number of aliphatic hydroxyl groups excluding tert-OH is 1. The minimum atomic E-state index is -1.26. The molecule has 0 spiro atoms. The second-order valence-electron chi connectivity index (χ2n) is 5.01. The van der Waals surface area contributed by atoms with E-state index in [1.807, 2.05) is 12.1 Å². The lowest BCUT2D eigenvalue weighted by molar-refractivity contribution is 0.167. The van der Waals surface area contributed by atoms with Crippen LogP contribution in [0.1, 0.15) is 22.8 Å². The van der Waals surface area contributed by atoms with E-state index in [0.717, 1.165) is 34.2 Å². The maximum atomic E-state index is 13.7. The van der Waals surface area contributed by atoms with Gasteiger partial charge >= 0.3 is 0 Å². The van der Waals surface area contributed by atoms with Crippen LogP contribution in [0.2, 0.25) is 0 Å². The third-order valence-corrected chi connectivity index (χ3v) is 4.03. The molecule has 1 N–H and O–H groups in total. The highest BCUT2D eigenvalue weighted by Gasteiger charge is 2.23. The predicted molar refractivity (Wildman–Crippen MR) is 78.4 cm³/mol. The summed E-state index contributed by atoms with van der Waals surface area (Å²) in [6.07, 6.45) is -0.361. The van der Waals surface area contributed by atoms with Crippen LogP contribution in [-0.4, -0.2) is 11.7 Å². The molecule has 21 heavy (non-hydrogen) atoms. The van der Waals surface area contributed by atoms with E-state index in [1.54, 1.807) is 0 Å². The molecule has 1 heterocycles. The monoisotopic (exact) mass is 354 g/mol. The number of hydrogen-bond donors (Lipinski definition) is 1. The number of aliphatic hydroxyl groups is 1. The van der Waals surface area contributed by atoms with E-state index < -0.39 is 17.7 Å². The maximum absolute atomic E-state index is 13.7. The lowest BCUT2D eigenvalue weighted by Crippen LogP contribution is -2.08. The van der Waals surface area contributed by atoms with Gasteiger partial charge in [-0.05, 0) is 35.4 Å². The van der Waals surface area contributed by atoms with Gasteiger partial charge in [-0.3, -0.25) is 0 Å². The molecule has 0 amide bonds. The predicted octanol–water partition coefficient (Wildman–Crippen LogP) is 3.94. The van der Waals surface area contributed by atoms with Crippen molar-refractivity contribution < 1.29 is 18.6 Å². The van der Waals surface area contributed by atoms with Crippen molar-refractivity contribution >= 4 is 15.9 Å². The van der Waals surface area contributed by atoms with E-state index in [2.05, 4.69) is 15.9 Å². The van der Waals surface area contributed by atoms with Crippen LogP contribution in [0.5, 0.6) is 5.75 Å². The van der Waals surface area contributed by atoms with Crippen LogP contribution in [0.3, 0.4) is 0 Å². The van der Waals surface area contributed by atoms with Gasteiger partial charge in [-0.15, -0.1) is 0 Å². The standard InChI is InChI=1S/C16H13BrF2O2/c17-11-6-9-4-5-21-16(9)10(7-11)8-14(20)15-12(18)2-1-3-13(15)19/h1-3,6-7,14,20H,4-5,8H2. The molecule has 2 nitrogen and oxygen atoms in total. The molecule has 1 atom stereocenters. The first-order chi connectivity index (χ1) is 10.1. The molecule has 0 fully saturated rings. The number of halogens is 3. The molecule has 1 unspecified atom stereocenters. The van der Waals surface area contributed by atoms with Gasteiger partial charge in [0.25, 0.3) is 0 Å². The third-order valence-electron chi connectivity index (χ3n) is 3.57. The molecule has 2 aromatic rings. The minimum Gasteiger partial charge on any atom is -0.493 e. The zero-order chi connectivity index (χ0) is 15.0. The van der Waals surface area contributed by atoms with Crippen LogP contribution in [0.25, 0.3) is 0 Å². The van der Waals surface area contributed by atoms with Gasteiger partial charge in [-0.2, -0.15) is 0 Å². The van der Waals surface area contributed by atoms with E-state index in [0.29, 0.717) is 12.4 Å². The topological polar surface area (TPSA) is 29.5 Å². The SMILES string of the molecule is OC(Cc1cc(Br)cc2c1OCC2)c1c(F)cccc1F. The van der Waals surface area contributed by atoms with E-state index >= 15 is 0 Å². The summed E-state index contributed by atoms with van der Waals surface area (Å²) in [7, 11) is 0. The Kier molecular flexibility index (Phi) is 3.95. The normalized spacial score (nSPS) is 14.7. The van der Waals surface area contributed by atoms with Crippen molar-refractivity contribution in [3.8, 4) is 5.75 Å². The molecular weight excluding hydrogens is 342 g/mol. The molecular formula is C16H13BrF2O2. The molecule has 0 radical (unpaired) electrons. The van der Waals surface area contributed by atoms with Crippen molar-refractivity contribution in [3.05, 3.63) is 63.1 Å². The average molecular weight is 355 g/mol. The first-order valence-corrected chi connectivity index (χ1v) is 7.41. The molecule has 3 rings (SSSR count). The fraction of sp³-hybridized carbons (Fsp3) is 0.250. The molecule has 0 aromatic heterocycles. The summed E-state index contributed by atoms with van der Waals surface area (Å²) in [6, 6.07) is 7.34. The van der Waals surface area contributed by atoms with Gasteiger partial charge in [-0.25, -0.2) is 8.78 Å². The Morgan fingerprint density at radius 1 is 1.24 bits per heavy atom. The first kappa shape index (κ1) is 14.5. The molecule has 1 aliphatic heterocycles. The summed E-state index contributed by atoms with van der Waals surface area (Å²) in [4.78, 5) is 0. The Morgan fingerprint density at radius 3 is 2.67 bits per heavy atom. The van der Waals surface area contributed by atoms with E-state index in [-0.39, 0.29) is 12.0 Å². The van der Waals surface area contributed by atoms with Crippen LogP contribution in [0.4, 0.5) is 8.78 Å². The Balaban J connectivity index is 1.94. The Morgan fingerprint density at radius 2 is 1.95 bits per heavy atom. The van der Waals surface area contributed by atoms with Gasteiger partial charge in [0.1, 0.15) is 17.4 Å². The van der Waals surface area contributed by atoms with Gasteiger partial charge in [0, 0.05) is 17.3 Å². The lowest BCUT2D eigenvalue weighted by Gasteiger charge is -2.15. The van der Waals surface area contributed by atoms with Gasteiger partial charge in [0.05, 0.1) is 18.3 Å². The molecule has 0 bridgehead atoms. The van der Waals surface area contributed by atoms with E-state index in [9.17, 15) is 13.9 Å². The molecule has 0 aliphatic carbocycles. The smallest absolute Gasteiger partial charge is 0.131 e. The minimum absolute atomic E-state index is 0.0969. The maximum Gasteiger partial charge on any atom is 0.131 e. The largest absolute Gasteiger partial charge is 0.493 e. The van der Waals surface area contributed by atoms with Crippen LogP contribution in [0.15, 0.2) is 34.8 Å². The van der Waals surface area contributed by atoms with Crippen LogP contribution < -0.4 is 4.74 Å². The average Bonchev–Trinajstić information content (AvgIpc) is 2.86. The molecule has 5 heteroatoms. The number of fused-ring (bicyclic) bond motifs is 1. The zero-order valence-electron chi connectivity index (χ0n) is 11.1. The van der Waals surface area contributed by atoms with Gasteiger partial charge in [-0.1, -0.05) is 22.0 Å².